The lowest BCUT2D eigenvalue weighted by Gasteiger charge is -2.39. The number of carboxylic acid groups (broad SMARTS) is 2. The molecule has 4 heterocycles. The molecule has 0 spiro atoms. The molecule has 0 aliphatic carbocycles. The predicted molar refractivity (Wildman–Crippen MR) is 168 cm³/mol. The monoisotopic (exact) mass is 633 g/mol. The zero-order valence-corrected chi connectivity index (χ0v) is 25.7. The number of aryl methyl sites for hydroxylation is 1. The van der Waals surface area contributed by atoms with E-state index in [0.29, 0.717) is 36.4 Å². The zero-order valence-electron chi connectivity index (χ0n) is 25.7. The molecule has 242 valence electrons. The van der Waals surface area contributed by atoms with Gasteiger partial charge < -0.3 is 20.8 Å². The van der Waals surface area contributed by atoms with Crippen LogP contribution in [0.15, 0.2) is 67.1 Å². The number of pyridine rings is 1. The SMILES string of the molecule is C[C@@H]1CCC[C@H](C)N1CCNC(=O)c1ccc(F)c(NC(=O)c2cnc3cc(-c4ccnn4C)ccn23)c1.O=C(O)C=CC(=O)O. The number of carbonyl (C=O) groups is 4. The zero-order chi connectivity index (χ0) is 33.4. The van der Waals surface area contributed by atoms with Gasteiger partial charge in [-0.25, -0.2) is 19.0 Å². The first-order chi connectivity index (χ1) is 21.9. The van der Waals surface area contributed by atoms with E-state index in [4.69, 9.17) is 10.2 Å². The average Bonchev–Trinajstić information content (AvgIpc) is 3.64. The molecule has 4 N–H and O–H groups in total. The van der Waals surface area contributed by atoms with E-state index in [1.54, 1.807) is 21.5 Å². The highest BCUT2D eigenvalue weighted by atomic mass is 19.1. The molecule has 5 rings (SSSR count). The van der Waals surface area contributed by atoms with Gasteiger partial charge >= 0.3 is 11.9 Å². The molecule has 0 unspecified atom stereocenters. The summed E-state index contributed by atoms with van der Waals surface area (Å²) in [5, 5.41) is 25.3. The molecule has 0 bridgehead atoms. The van der Waals surface area contributed by atoms with Crippen molar-refractivity contribution in [2.24, 2.45) is 7.05 Å². The summed E-state index contributed by atoms with van der Waals surface area (Å²) < 4.78 is 18.0. The Kier molecular flexibility index (Phi) is 11.0. The van der Waals surface area contributed by atoms with E-state index in [1.807, 2.05) is 25.2 Å². The van der Waals surface area contributed by atoms with Crippen LogP contribution in [-0.4, -0.2) is 83.2 Å². The number of amides is 2. The van der Waals surface area contributed by atoms with Crippen molar-refractivity contribution in [3.05, 3.63) is 84.2 Å². The van der Waals surface area contributed by atoms with E-state index in [1.165, 1.54) is 30.8 Å². The van der Waals surface area contributed by atoms with Crippen molar-refractivity contribution in [2.45, 2.75) is 45.2 Å². The van der Waals surface area contributed by atoms with E-state index < -0.39 is 23.7 Å². The minimum Gasteiger partial charge on any atom is -0.478 e. The number of anilines is 1. The van der Waals surface area contributed by atoms with Crippen LogP contribution in [0.2, 0.25) is 0 Å². The van der Waals surface area contributed by atoms with Crippen LogP contribution < -0.4 is 10.6 Å². The summed E-state index contributed by atoms with van der Waals surface area (Å²) in [4.78, 5) is 51.7. The third-order valence-corrected chi connectivity index (χ3v) is 7.74. The van der Waals surface area contributed by atoms with Gasteiger partial charge in [-0.3, -0.25) is 23.6 Å². The Morgan fingerprint density at radius 2 is 1.70 bits per heavy atom. The van der Waals surface area contributed by atoms with Crippen molar-refractivity contribution in [3.8, 4) is 11.3 Å². The normalized spacial score (nSPS) is 16.5. The maximum atomic E-state index is 14.6. The number of fused-ring (bicyclic) bond motifs is 1. The largest absolute Gasteiger partial charge is 0.478 e. The van der Waals surface area contributed by atoms with Crippen molar-refractivity contribution in [2.75, 3.05) is 18.4 Å². The molecule has 2 amide bonds. The highest BCUT2D eigenvalue weighted by Gasteiger charge is 2.24. The summed E-state index contributed by atoms with van der Waals surface area (Å²) in [7, 11) is 1.85. The Labute approximate surface area is 264 Å². The number of aromatic nitrogens is 4. The minimum atomic E-state index is -1.26. The Balaban J connectivity index is 0.000000533. The Morgan fingerprint density at radius 3 is 2.33 bits per heavy atom. The van der Waals surface area contributed by atoms with Crippen LogP contribution in [0, 0.1) is 5.82 Å². The lowest BCUT2D eigenvalue weighted by Crippen LogP contribution is -2.47. The topological polar surface area (TPSA) is 171 Å². The van der Waals surface area contributed by atoms with Crippen LogP contribution in [0.3, 0.4) is 0 Å². The standard InChI is InChI=1S/C28H32FN7O2.C4H4O4/c1-18-5-4-6-19(2)35(18)14-12-30-27(37)21-7-8-22(29)23(15-21)33-28(38)25-17-31-26-16-20(10-13-36(25)26)24-9-11-32-34(24)3;5-3(6)1-2-4(7)8/h7-11,13,15-19H,4-6,12,14H2,1-3H3,(H,30,37)(H,33,38);1-2H,(H,5,6)(H,7,8)/t18-,19+;. The average molecular weight is 634 g/mol. The first-order valence-electron chi connectivity index (χ1n) is 14.7. The molecule has 1 aliphatic rings. The van der Waals surface area contributed by atoms with Gasteiger partial charge in [0.05, 0.1) is 17.6 Å². The summed E-state index contributed by atoms with van der Waals surface area (Å²) in [6.07, 6.45) is 9.57. The van der Waals surface area contributed by atoms with E-state index in [-0.39, 0.29) is 22.9 Å². The molecule has 46 heavy (non-hydrogen) atoms. The van der Waals surface area contributed by atoms with Gasteiger partial charge in [0.15, 0.2) is 0 Å². The number of carbonyl (C=O) groups excluding carboxylic acids is 2. The minimum absolute atomic E-state index is 0.0672. The number of hydrogen-bond donors (Lipinski definition) is 4. The number of imidazole rings is 1. The van der Waals surface area contributed by atoms with Crippen molar-refractivity contribution >= 4 is 35.1 Å². The number of likely N-dealkylation sites (tertiary alicyclic amines) is 1. The first kappa shape index (κ1) is 33.5. The second-order valence-electron chi connectivity index (χ2n) is 10.9. The van der Waals surface area contributed by atoms with Crippen LogP contribution in [-0.2, 0) is 16.6 Å². The van der Waals surface area contributed by atoms with Gasteiger partial charge in [-0.15, -0.1) is 0 Å². The van der Waals surface area contributed by atoms with E-state index in [2.05, 4.69) is 39.5 Å². The fourth-order valence-corrected chi connectivity index (χ4v) is 5.37. The molecule has 0 radical (unpaired) electrons. The number of rotatable bonds is 9. The first-order valence-corrected chi connectivity index (χ1v) is 14.7. The van der Waals surface area contributed by atoms with Gasteiger partial charge in [0.25, 0.3) is 11.8 Å². The molecule has 14 heteroatoms. The summed E-state index contributed by atoms with van der Waals surface area (Å²) in [6.45, 7) is 5.69. The highest BCUT2D eigenvalue weighted by molar-refractivity contribution is 6.04. The number of aliphatic carboxylic acids is 2. The van der Waals surface area contributed by atoms with Crippen molar-refractivity contribution in [1.82, 2.24) is 29.4 Å². The number of halogens is 1. The summed E-state index contributed by atoms with van der Waals surface area (Å²) in [5.74, 6) is -3.98. The van der Waals surface area contributed by atoms with Crippen molar-refractivity contribution in [1.29, 1.82) is 0 Å². The van der Waals surface area contributed by atoms with Gasteiger partial charge in [0, 0.05) is 67.9 Å². The van der Waals surface area contributed by atoms with Gasteiger partial charge in [0.2, 0.25) is 0 Å². The van der Waals surface area contributed by atoms with E-state index >= 15 is 0 Å². The third-order valence-electron chi connectivity index (χ3n) is 7.74. The van der Waals surface area contributed by atoms with Crippen LogP contribution in [0.4, 0.5) is 10.1 Å². The molecule has 13 nitrogen and oxygen atoms in total. The fraction of sp³-hybridized carbons (Fsp3) is 0.312. The molecule has 4 aromatic rings. The molecule has 0 saturated carbocycles. The van der Waals surface area contributed by atoms with Crippen LogP contribution >= 0.6 is 0 Å². The highest BCUT2D eigenvalue weighted by Crippen LogP contribution is 2.23. The number of benzene rings is 1. The quantitative estimate of drug-likeness (QED) is 0.200. The third kappa shape index (κ3) is 8.41. The second-order valence-corrected chi connectivity index (χ2v) is 10.9. The van der Waals surface area contributed by atoms with Crippen molar-refractivity contribution in [3.63, 3.8) is 0 Å². The Hall–Kier alpha value is -5.37. The molecule has 3 aromatic heterocycles. The number of nitrogens with one attached hydrogen (secondary N) is 2. The molecular weight excluding hydrogens is 597 g/mol. The van der Waals surface area contributed by atoms with E-state index in [9.17, 15) is 23.6 Å². The van der Waals surface area contributed by atoms with E-state index in [0.717, 1.165) is 30.6 Å². The smallest absolute Gasteiger partial charge is 0.328 e. The summed E-state index contributed by atoms with van der Waals surface area (Å²) >= 11 is 0. The predicted octanol–water partition coefficient (Wildman–Crippen LogP) is 3.83. The molecule has 2 atom stereocenters. The Morgan fingerprint density at radius 1 is 1.00 bits per heavy atom. The van der Waals surface area contributed by atoms with Gasteiger partial charge in [-0.05, 0) is 63.1 Å². The number of hydrogen-bond acceptors (Lipinski definition) is 7. The fourth-order valence-electron chi connectivity index (χ4n) is 5.37. The van der Waals surface area contributed by atoms with Gasteiger partial charge in [0.1, 0.15) is 17.2 Å². The van der Waals surface area contributed by atoms with Crippen LogP contribution in [0.5, 0.6) is 0 Å². The number of nitrogens with zero attached hydrogens (tertiary/aromatic N) is 5. The van der Waals surface area contributed by atoms with Gasteiger partial charge in [-0.2, -0.15) is 5.10 Å². The molecule has 1 fully saturated rings. The lowest BCUT2D eigenvalue weighted by molar-refractivity contribution is -0.134. The summed E-state index contributed by atoms with van der Waals surface area (Å²) in [6, 6.07) is 10.6. The molecular formula is C32H36FN7O6. The maximum Gasteiger partial charge on any atom is 0.328 e. The lowest BCUT2D eigenvalue weighted by atomic mass is 9.98. The van der Waals surface area contributed by atoms with Crippen molar-refractivity contribution < 1.29 is 33.8 Å². The second kappa shape index (κ2) is 15.1. The molecule has 1 aliphatic heterocycles. The molecule has 1 aromatic carbocycles. The van der Waals surface area contributed by atoms with Crippen LogP contribution in [0.1, 0.15) is 54.0 Å². The number of carboxylic acids is 2. The number of piperidine rings is 1. The summed E-state index contributed by atoms with van der Waals surface area (Å²) in [5.41, 5.74) is 2.85. The Bertz CT molecular complexity index is 1740. The van der Waals surface area contributed by atoms with Crippen LogP contribution in [0.25, 0.3) is 16.9 Å². The maximum absolute atomic E-state index is 14.6. The molecule has 1 saturated heterocycles. The van der Waals surface area contributed by atoms with Gasteiger partial charge in [-0.1, -0.05) is 6.42 Å².